The molecule has 0 fully saturated rings. The van der Waals surface area contributed by atoms with Crippen molar-refractivity contribution in [3.8, 4) is 5.75 Å². The van der Waals surface area contributed by atoms with Gasteiger partial charge in [-0.15, -0.1) is 0 Å². The van der Waals surface area contributed by atoms with Gasteiger partial charge >= 0.3 is 10.1 Å². The van der Waals surface area contributed by atoms with Crippen LogP contribution in [0.3, 0.4) is 0 Å². The average molecular weight is 356 g/mol. The summed E-state index contributed by atoms with van der Waals surface area (Å²) < 4.78 is 31.3. The van der Waals surface area contributed by atoms with E-state index in [1.54, 1.807) is 0 Å². The molecule has 3 rings (SSSR count). The third-order valence-corrected chi connectivity index (χ3v) is 4.75. The Morgan fingerprint density at radius 2 is 1.76 bits per heavy atom. The minimum atomic E-state index is -3.99. The highest BCUT2D eigenvalue weighted by Gasteiger charge is 2.19. The number of aromatic nitrogens is 2. The van der Waals surface area contributed by atoms with E-state index >= 15 is 0 Å². The summed E-state index contributed by atoms with van der Waals surface area (Å²) in [5, 5.41) is 4.07. The first-order valence-electron chi connectivity index (χ1n) is 7.56. The molecule has 128 valence electrons. The van der Waals surface area contributed by atoms with Gasteiger partial charge in [0.05, 0.1) is 12.7 Å². The lowest BCUT2D eigenvalue weighted by Gasteiger charge is -2.05. The van der Waals surface area contributed by atoms with Gasteiger partial charge in [0.25, 0.3) is 0 Å². The monoisotopic (exact) mass is 356 g/mol. The van der Waals surface area contributed by atoms with Gasteiger partial charge in [0.15, 0.2) is 5.78 Å². The summed E-state index contributed by atoms with van der Waals surface area (Å²) in [5.74, 6) is 0.0393. The van der Waals surface area contributed by atoms with Crippen LogP contribution in [0.4, 0.5) is 0 Å². The van der Waals surface area contributed by atoms with Crippen molar-refractivity contribution in [2.45, 2.75) is 18.4 Å². The molecule has 1 heterocycles. The van der Waals surface area contributed by atoms with Crippen molar-refractivity contribution in [3.63, 3.8) is 0 Å². The number of Topliss-reactive ketones (excluding diaryl/α,β-unsaturated/α-hetero) is 1. The van der Waals surface area contributed by atoms with E-state index in [2.05, 4.69) is 5.10 Å². The van der Waals surface area contributed by atoms with E-state index in [-0.39, 0.29) is 16.4 Å². The van der Waals surface area contributed by atoms with Crippen molar-refractivity contribution in [2.75, 3.05) is 0 Å². The molecule has 0 saturated heterocycles. The molecule has 0 unspecified atom stereocenters. The molecule has 3 aromatic rings. The summed E-state index contributed by atoms with van der Waals surface area (Å²) in [7, 11) is -3.99. The largest absolute Gasteiger partial charge is 0.379 e. The Bertz CT molecular complexity index is 977. The molecular weight excluding hydrogens is 340 g/mol. The number of carbonyl (C=O) groups is 1. The Labute approximate surface area is 145 Å². The van der Waals surface area contributed by atoms with E-state index in [0.29, 0.717) is 12.1 Å². The normalized spacial score (nSPS) is 11.2. The van der Waals surface area contributed by atoms with Gasteiger partial charge in [0, 0.05) is 11.8 Å². The molecule has 0 amide bonds. The quantitative estimate of drug-likeness (QED) is 0.501. The number of hydrogen-bond donors (Lipinski definition) is 0. The maximum absolute atomic E-state index is 12.3. The van der Waals surface area contributed by atoms with Crippen LogP contribution < -0.4 is 4.18 Å². The first kappa shape index (κ1) is 16.9. The van der Waals surface area contributed by atoms with Crippen LogP contribution in [0.15, 0.2) is 71.9 Å². The fraction of sp³-hybridized carbons (Fsp3) is 0.111. The fourth-order valence-electron chi connectivity index (χ4n) is 2.25. The number of rotatable bonds is 6. The molecule has 0 atom stereocenters. The number of carbonyl (C=O) groups excluding carboxylic acids is 1. The second-order valence-electron chi connectivity index (χ2n) is 5.48. The van der Waals surface area contributed by atoms with Crippen LogP contribution in [0.1, 0.15) is 22.8 Å². The van der Waals surface area contributed by atoms with E-state index in [9.17, 15) is 13.2 Å². The molecule has 0 aliphatic rings. The van der Waals surface area contributed by atoms with E-state index in [0.717, 1.165) is 5.56 Å². The van der Waals surface area contributed by atoms with Crippen molar-refractivity contribution in [2.24, 2.45) is 0 Å². The van der Waals surface area contributed by atoms with E-state index < -0.39 is 10.1 Å². The molecule has 1 aromatic heterocycles. The summed E-state index contributed by atoms with van der Waals surface area (Å²) in [4.78, 5) is 11.2. The number of hydrogen-bond acceptors (Lipinski definition) is 5. The minimum absolute atomic E-state index is 0.0286. The number of ketones is 1. The Morgan fingerprint density at radius 3 is 2.40 bits per heavy atom. The summed E-state index contributed by atoms with van der Waals surface area (Å²) in [6.45, 7) is 1.90. The first-order chi connectivity index (χ1) is 11.9. The predicted molar refractivity (Wildman–Crippen MR) is 92.0 cm³/mol. The Morgan fingerprint density at radius 1 is 1.08 bits per heavy atom. The zero-order valence-electron chi connectivity index (χ0n) is 13.5. The van der Waals surface area contributed by atoms with Gasteiger partial charge in [-0.3, -0.25) is 9.48 Å². The van der Waals surface area contributed by atoms with Crippen molar-refractivity contribution < 1.29 is 17.4 Å². The minimum Gasteiger partial charge on any atom is -0.379 e. The first-order valence-corrected chi connectivity index (χ1v) is 8.97. The van der Waals surface area contributed by atoms with Gasteiger partial charge in [0.1, 0.15) is 10.6 Å². The van der Waals surface area contributed by atoms with Gasteiger partial charge in [-0.2, -0.15) is 13.5 Å². The highest BCUT2D eigenvalue weighted by atomic mass is 32.2. The summed E-state index contributed by atoms with van der Waals surface area (Å²) in [5.41, 5.74) is 1.50. The molecule has 7 heteroatoms. The highest BCUT2D eigenvalue weighted by Crippen LogP contribution is 2.19. The van der Waals surface area contributed by atoms with Crippen LogP contribution >= 0.6 is 0 Å². The van der Waals surface area contributed by atoms with Gasteiger partial charge in [0.2, 0.25) is 0 Å². The lowest BCUT2D eigenvalue weighted by atomic mass is 10.1. The Kier molecular flexibility index (Phi) is 4.67. The molecule has 0 saturated carbocycles. The molecule has 2 aromatic carbocycles. The van der Waals surface area contributed by atoms with Gasteiger partial charge in [-0.05, 0) is 36.8 Å². The standard InChI is InChI=1S/C18H16N2O4S/c1-14(21)16-7-9-17(10-8-16)24-25(22,23)18-11-19-20(13-18)12-15-5-3-2-4-6-15/h2-11,13H,12H2,1H3. The summed E-state index contributed by atoms with van der Waals surface area (Å²) in [6, 6.07) is 15.5. The molecular formula is C18H16N2O4S. The third-order valence-electron chi connectivity index (χ3n) is 3.55. The lowest BCUT2D eigenvalue weighted by molar-refractivity contribution is 0.101. The van der Waals surface area contributed by atoms with Crippen LogP contribution in [0.25, 0.3) is 0 Å². The summed E-state index contributed by atoms with van der Waals surface area (Å²) >= 11 is 0. The van der Waals surface area contributed by atoms with Crippen molar-refractivity contribution in [3.05, 3.63) is 78.1 Å². The van der Waals surface area contributed by atoms with Crippen LogP contribution in [0, 0.1) is 0 Å². The van der Waals surface area contributed by atoms with Gasteiger partial charge in [-0.25, -0.2) is 0 Å². The van der Waals surface area contributed by atoms with E-state index in [4.69, 9.17) is 4.18 Å². The second kappa shape index (κ2) is 6.90. The predicted octanol–water partition coefficient (Wildman–Crippen LogP) is 2.90. The molecule has 0 radical (unpaired) electrons. The van der Waals surface area contributed by atoms with Gasteiger partial charge < -0.3 is 4.18 Å². The molecule has 0 spiro atoms. The zero-order chi connectivity index (χ0) is 17.9. The lowest BCUT2D eigenvalue weighted by Crippen LogP contribution is -2.09. The second-order valence-corrected chi connectivity index (χ2v) is 7.02. The molecule has 25 heavy (non-hydrogen) atoms. The molecule has 6 nitrogen and oxygen atoms in total. The zero-order valence-corrected chi connectivity index (χ0v) is 14.3. The Hall–Kier alpha value is -2.93. The van der Waals surface area contributed by atoms with Crippen molar-refractivity contribution in [1.29, 1.82) is 0 Å². The smallest absolute Gasteiger partial charge is 0.342 e. The Balaban J connectivity index is 1.75. The van der Waals surface area contributed by atoms with Crippen molar-refractivity contribution in [1.82, 2.24) is 9.78 Å². The van der Waals surface area contributed by atoms with Gasteiger partial charge in [-0.1, -0.05) is 30.3 Å². The fourth-order valence-corrected chi connectivity index (χ4v) is 3.14. The van der Waals surface area contributed by atoms with Crippen molar-refractivity contribution >= 4 is 15.9 Å². The molecule has 0 aliphatic carbocycles. The maximum atomic E-state index is 12.3. The van der Waals surface area contributed by atoms with Crippen LogP contribution in [0.2, 0.25) is 0 Å². The van der Waals surface area contributed by atoms with Crippen LogP contribution in [-0.2, 0) is 16.7 Å². The highest BCUT2D eigenvalue weighted by molar-refractivity contribution is 7.87. The third kappa shape index (κ3) is 4.13. The number of nitrogens with zero attached hydrogens (tertiary/aromatic N) is 2. The van der Waals surface area contributed by atoms with E-state index in [1.165, 1.54) is 48.3 Å². The van der Waals surface area contributed by atoms with E-state index in [1.807, 2.05) is 30.3 Å². The summed E-state index contributed by atoms with van der Waals surface area (Å²) in [6.07, 6.45) is 2.68. The molecule has 0 N–H and O–H groups in total. The van der Waals surface area contributed by atoms with Crippen LogP contribution in [-0.4, -0.2) is 24.0 Å². The molecule has 0 bridgehead atoms. The number of benzene rings is 2. The topological polar surface area (TPSA) is 78.3 Å². The SMILES string of the molecule is CC(=O)c1ccc(OS(=O)(=O)c2cnn(Cc3ccccc3)c2)cc1. The average Bonchev–Trinajstić information content (AvgIpc) is 3.05. The van der Waals surface area contributed by atoms with Crippen LogP contribution in [0.5, 0.6) is 5.75 Å². The molecule has 0 aliphatic heterocycles. The maximum Gasteiger partial charge on any atom is 0.342 e.